The molecule has 0 N–H and O–H groups in total. The number of para-hydroxylation sites is 6. The second-order valence-electron chi connectivity index (χ2n) is 29.9. The molecule has 0 bridgehead atoms. The van der Waals surface area contributed by atoms with Gasteiger partial charge in [-0.3, -0.25) is 0 Å². The molecule has 0 amide bonds. The van der Waals surface area contributed by atoms with E-state index in [4.69, 9.17) is 0 Å². The molecule has 0 saturated heterocycles. The van der Waals surface area contributed by atoms with E-state index in [0.29, 0.717) is 0 Å². The third-order valence-corrected chi connectivity index (χ3v) is 23.0. The van der Waals surface area contributed by atoms with Crippen LogP contribution >= 0.6 is 0 Å². The van der Waals surface area contributed by atoms with Gasteiger partial charge in [0.1, 0.15) is 0 Å². The average molecular weight is 2600 g/mol. The van der Waals surface area contributed by atoms with Crippen molar-refractivity contribution in [2.24, 2.45) is 42.3 Å². The summed E-state index contributed by atoms with van der Waals surface area (Å²) < 4.78 is 13.4. The van der Waals surface area contributed by atoms with Crippen LogP contribution in [0.4, 0.5) is 0 Å². The molecular weight excluding hydrogens is 2520 g/mol. The third kappa shape index (κ3) is 24.9. The smallest absolute Gasteiger partial charge is 0.0389 e. The van der Waals surface area contributed by atoms with Gasteiger partial charge < -0.3 is 27.4 Å². The van der Waals surface area contributed by atoms with Gasteiger partial charge in [0.25, 0.3) is 0 Å². The van der Waals surface area contributed by atoms with E-state index in [0.717, 1.165) is 72.3 Å². The van der Waals surface area contributed by atoms with E-state index in [1.807, 2.05) is 121 Å². The summed E-state index contributed by atoms with van der Waals surface area (Å²) in [5, 5.41) is 15.2. The first-order valence-electron chi connectivity index (χ1n) is 40.2. The Balaban J connectivity index is 0.000000213. The number of aryl methyl sites for hydroxylation is 6. The Kier molecular flexibility index (Phi) is 48.8. The minimum absolute atomic E-state index is 0. The van der Waals surface area contributed by atoms with Crippen LogP contribution in [0.25, 0.3) is 198 Å². The zero-order chi connectivity index (χ0) is 81.2. The number of fused-ring (bicyclic) bond motifs is 18. The molecule has 18 heteroatoms. The summed E-state index contributed by atoms with van der Waals surface area (Å²) in [4.78, 5) is 0. The molecule has 18 aromatic carbocycles. The van der Waals surface area contributed by atoms with Crippen LogP contribution in [0, 0.1) is 72.8 Å². The van der Waals surface area contributed by atoms with Gasteiger partial charge in [-0.15, -0.1) is 83.6 Å². The predicted molar refractivity (Wildman–Crippen MR) is 501 cm³/mol. The Morgan fingerprint density at radius 3 is 1.03 bits per heavy atom. The van der Waals surface area contributed by atoms with Gasteiger partial charge in [-0.1, -0.05) is 142 Å². The molecule has 6 heterocycles. The predicted octanol–water partition coefficient (Wildman–Crippen LogP) is 27.6. The van der Waals surface area contributed by atoms with Crippen molar-refractivity contribution in [3.05, 3.63) is 437 Å². The van der Waals surface area contributed by atoms with E-state index >= 15 is 0 Å². The Morgan fingerprint density at radius 2 is 0.523 bits per heavy atom. The van der Waals surface area contributed by atoms with E-state index < -0.39 is 0 Å². The molecule has 0 spiro atoms. The van der Waals surface area contributed by atoms with Crippen LogP contribution in [0.5, 0.6) is 0 Å². The van der Waals surface area contributed by atoms with E-state index in [9.17, 15) is 0 Å². The summed E-state index contributed by atoms with van der Waals surface area (Å²) >= 11 is 0. The SMILES string of the molecule is Cn1c2[c-]c(-c3[c-]cccc3)ccc2c2ccccc21.Cn1c2c[c-]c(-c3[c-]cccc3)cc2c2ccccc21.Cn1c2ccc(-c3[c-]cccc3)[c-]c2c2ccccc21.Cn1c2ccccc2c2c(-c3[c-]cccc3)[c-]ccc21.Cn1c2ccccc2c2c[c-]c(-c3[c-]cccc3)cc21.Cn1c2ccccc2c2cc[c-]c(-c3[c-]cccc3)c21.[Y].[Y].[Y].[Y].[Y].[Y].[Y].[Y].[Y].[Y].[Y].[Y]. The Labute approximate surface area is 1080 Å². The Morgan fingerprint density at radius 1 is 0.174 bits per heavy atom. The number of aromatic nitrogens is 6. The summed E-state index contributed by atoms with van der Waals surface area (Å²) in [6.07, 6.45) is 0. The van der Waals surface area contributed by atoms with Crippen LogP contribution in [0.2, 0.25) is 0 Å². The maximum Gasteiger partial charge on any atom is 0.0389 e. The first-order valence-corrected chi connectivity index (χ1v) is 40.2. The molecule has 0 aliphatic heterocycles. The molecule has 6 aromatic heterocycles. The van der Waals surface area contributed by atoms with Gasteiger partial charge in [-0.05, 0) is 90.9 Å². The van der Waals surface area contributed by atoms with Gasteiger partial charge in [0.15, 0.2) is 0 Å². The molecular formula is C114H78N6Y12-12. The number of rotatable bonds is 6. The quantitative estimate of drug-likeness (QED) is 0.149. The molecule has 612 valence electrons. The van der Waals surface area contributed by atoms with Crippen molar-refractivity contribution in [1.82, 2.24) is 27.4 Å². The summed E-state index contributed by atoms with van der Waals surface area (Å²) in [7, 11) is 12.6. The van der Waals surface area contributed by atoms with Crippen molar-refractivity contribution in [1.29, 1.82) is 0 Å². The monoisotopic (exact) mass is 2600 g/mol. The van der Waals surface area contributed by atoms with Crippen molar-refractivity contribution in [2.45, 2.75) is 0 Å². The fraction of sp³-hybridized carbons (Fsp3) is 0.0526. The minimum atomic E-state index is 0. The van der Waals surface area contributed by atoms with Gasteiger partial charge in [0, 0.05) is 468 Å². The van der Waals surface area contributed by atoms with Gasteiger partial charge in [0.05, 0.1) is 0 Å². The van der Waals surface area contributed by atoms with Crippen LogP contribution in [0.3, 0.4) is 0 Å². The van der Waals surface area contributed by atoms with Gasteiger partial charge in [0.2, 0.25) is 0 Å². The first kappa shape index (κ1) is 117. The second-order valence-corrected chi connectivity index (χ2v) is 29.9. The summed E-state index contributed by atoms with van der Waals surface area (Å²) in [6, 6.07) is 165. The Hall–Kier alpha value is -1.99. The summed E-state index contributed by atoms with van der Waals surface area (Å²) in [5.74, 6) is 0. The fourth-order valence-electron chi connectivity index (χ4n) is 17.1. The van der Waals surface area contributed by atoms with E-state index in [2.05, 4.69) is 385 Å². The first-order chi connectivity index (χ1) is 59.1. The van der Waals surface area contributed by atoms with Gasteiger partial charge in [-0.2, -0.15) is 224 Å². The largest absolute Gasteiger partial charge is 0.392 e. The normalized spacial score (nSPS) is 10.2. The molecule has 132 heavy (non-hydrogen) atoms. The molecule has 0 saturated carbocycles. The van der Waals surface area contributed by atoms with Crippen LogP contribution in [-0.4, -0.2) is 27.4 Å². The molecule has 0 aliphatic rings. The molecule has 12 radical (unpaired) electrons. The maximum atomic E-state index is 3.55. The molecule has 0 atom stereocenters. The zero-order valence-electron chi connectivity index (χ0n) is 74.3. The minimum Gasteiger partial charge on any atom is -0.392 e. The molecule has 0 unspecified atom stereocenters. The average Bonchev–Trinajstić information content (AvgIpc) is 1.59. The summed E-state index contributed by atoms with van der Waals surface area (Å²) in [5.41, 5.74) is 27.9. The van der Waals surface area contributed by atoms with Crippen molar-refractivity contribution in [2.75, 3.05) is 0 Å². The summed E-state index contributed by atoms with van der Waals surface area (Å²) in [6.45, 7) is 0. The van der Waals surface area contributed by atoms with Crippen molar-refractivity contribution in [3.63, 3.8) is 0 Å². The topological polar surface area (TPSA) is 29.6 Å². The van der Waals surface area contributed by atoms with E-state index in [-0.39, 0.29) is 393 Å². The van der Waals surface area contributed by atoms with Crippen LogP contribution in [0.1, 0.15) is 0 Å². The third-order valence-electron chi connectivity index (χ3n) is 23.0. The second kappa shape index (κ2) is 55.0. The zero-order valence-corrected chi connectivity index (χ0v) is 108. The number of benzene rings is 18. The standard InChI is InChI=1S/6C19H13N.12Y/c1-20-18-13-6-5-10-16(18)17-12-7-11-15(19(17)20)14-8-3-2-4-9-14;1-20-17-12-6-5-10-16(17)19-15(11-7-13-18(19)20)14-8-3-2-4-9-14;2*1-20-18-10-6-5-9-16(18)17-13-15(11-12-19(17)20)14-7-3-2-4-8-14;2*1-20-18-10-6-5-9-16(18)17-12-11-15(13-19(17)20)14-7-3-2-4-8-14;;;;;;;;;;;;/h2*2-8,10,12-13H,1H3;2-7,9-10,12-13H,1H3;2-7,9-12H,1H3;2-7,9-10,12-13H,1H3;2-7,9-12H,1H3;;;;;;;;;;;;/q6*-2;;;;;;;;;;;;. The number of nitrogens with zero attached hydrogens (tertiary/aromatic N) is 6. The molecule has 0 fully saturated rings. The number of hydrogen-bond acceptors (Lipinski definition) is 0. The van der Waals surface area contributed by atoms with Crippen molar-refractivity contribution < 1.29 is 393 Å². The van der Waals surface area contributed by atoms with Crippen molar-refractivity contribution >= 4 is 131 Å². The molecule has 0 aliphatic carbocycles. The number of hydrogen-bond donors (Lipinski definition) is 0. The molecule has 24 aromatic rings. The Bertz CT molecular complexity index is 7520. The van der Waals surface area contributed by atoms with Crippen LogP contribution in [-0.2, 0) is 435 Å². The van der Waals surface area contributed by atoms with Crippen molar-refractivity contribution in [3.8, 4) is 66.8 Å². The van der Waals surface area contributed by atoms with E-state index in [1.165, 1.54) is 125 Å². The van der Waals surface area contributed by atoms with Gasteiger partial charge in [-0.25, -0.2) is 61.2 Å². The molecule has 24 rings (SSSR count). The van der Waals surface area contributed by atoms with E-state index in [1.54, 1.807) is 0 Å². The van der Waals surface area contributed by atoms with Gasteiger partial charge >= 0.3 is 0 Å². The van der Waals surface area contributed by atoms with Crippen LogP contribution in [0.15, 0.2) is 364 Å². The fourth-order valence-corrected chi connectivity index (χ4v) is 17.1. The van der Waals surface area contributed by atoms with Crippen LogP contribution < -0.4 is 0 Å². The molecule has 6 nitrogen and oxygen atoms in total. The maximum absolute atomic E-state index is 3.55.